The van der Waals surface area contributed by atoms with Crippen LogP contribution in [0.1, 0.15) is 5.56 Å². The lowest BCUT2D eigenvalue weighted by Crippen LogP contribution is -2.04. The van der Waals surface area contributed by atoms with Crippen molar-refractivity contribution in [3.05, 3.63) is 45.9 Å². The van der Waals surface area contributed by atoms with Gasteiger partial charge in [-0.3, -0.25) is 0 Å². The summed E-state index contributed by atoms with van der Waals surface area (Å²) >= 11 is 11.1. The Morgan fingerprint density at radius 3 is 2.27 bits per heavy atom. The molecule has 0 aliphatic heterocycles. The molecular weight excluding hydrogens is 327 g/mol. The van der Waals surface area contributed by atoms with Gasteiger partial charge in [-0.15, -0.1) is 0 Å². The Kier molecular flexibility index (Phi) is 7.11. The van der Waals surface area contributed by atoms with E-state index in [4.69, 9.17) is 39.1 Å². The number of nitrogens with one attached hydrogen (secondary N) is 1. The summed E-state index contributed by atoms with van der Waals surface area (Å²) in [6.45, 7) is 2.43. The number of aryl methyl sites for hydroxylation is 1. The molecule has 5 nitrogen and oxygen atoms in total. The highest BCUT2D eigenvalue weighted by atomic mass is 35.5. The number of phenols is 2. The highest BCUT2D eigenvalue weighted by molar-refractivity contribution is 6.37. The fraction of sp³-hybridized carbons (Fsp3) is 0.200. The third-order valence-corrected chi connectivity index (χ3v) is 3.35. The van der Waals surface area contributed by atoms with Crippen molar-refractivity contribution >= 4 is 34.6 Å². The number of nitrogens with two attached hydrogens (primary N) is 1. The van der Waals surface area contributed by atoms with Crippen molar-refractivity contribution in [2.45, 2.75) is 6.92 Å². The fourth-order valence-corrected chi connectivity index (χ4v) is 1.86. The lowest BCUT2D eigenvalue weighted by Gasteiger charge is -2.05. The molecule has 0 saturated carbocycles. The number of aliphatic hydroxyl groups is 1. The van der Waals surface area contributed by atoms with E-state index in [0.29, 0.717) is 17.3 Å². The molecule has 2 rings (SSSR count). The van der Waals surface area contributed by atoms with Gasteiger partial charge in [0.05, 0.1) is 22.3 Å². The normalized spacial score (nSPS) is 9.82. The van der Waals surface area contributed by atoms with Crippen LogP contribution in [0.3, 0.4) is 0 Å². The summed E-state index contributed by atoms with van der Waals surface area (Å²) in [6.07, 6.45) is 0. The minimum absolute atomic E-state index is 0.0523. The first kappa shape index (κ1) is 18.2. The summed E-state index contributed by atoms with van der Waals surface area (Å²) in [5.41, 5.74) is 7.34. The number of benzene rings is 2. The van der Waals surface area contributed by atoms with Crippen molar-refractivity contribution in [1.29, 1.82) is 0 Å². The zero-order chi connectivity index (χ0) is 16.7. The molecule has 0 fully saturated rings. The number of anilines is 2. The van der Waals surface area contributed by atoms with E-state index in [0.717, 1.165) is 11.3 Å². The first-order chi connectivity index (χ1) is 10.3. The maximum Gasteiger partial charge on any atom is 0.136 e. The molecule has 0 saturated heterocycles. The first-order valence-corrected chi connectivity index (χ1v) is 7.18. The van der Waals surface area contributed by atoms with Crippen LogP contribution < -0.4 is 11.1 Å². The highest BCUT2D eigenvalue weighted by Gasteiger charge is 2.01. The van der Waals surface area contributed by atoms with Crippen LogP contribution >= 0.6 is 23.2 Å². The van der Waals surface area contributed by atoms with Crippen molar-refractivity contribution in [3.63, 3.8) is 0 Å². The second-order valence-electron chi connectivity index (χ2n) is 4.48. The summed E-state index contributed by atoms with van der Waals surface area (Å²) < 4.78 is 0. The predicted molar refractivity (Wildman–Crippen MR) is 91.0 cm³/mol. The Bertz CT molecular complexity index is 586. The molecule has 0 aliphatic rings. The van der Waals surface area contributed by atoms with Crippen LogP contribution in [-0.4, -0.2) is 28.5 Å². The second-order valence-corrected chi connectivity index (χ2v) is 5.29. The summed E-state index contributed by atoms with van der Waals surface area (Å²) in [5.74, 6) is 0.224. The van der Waals surface area contributed by atoms with E-state index in [1.165, 1.54) is 12.1 Å². The van der Waals surface area contributed by atoms with Crippen LogP contribution in [0.25, 0.3) is 0 Å². The third kappa shape index (κ3) is 5.52. The van der Waals surface area contributed by atoms with Gasteiger partial charge < -0.3 is 26.4 Å². The van der Waals surface area contributed by atoms with Crippen molar-refractivity contribution in [2.24, 2.45) is 0 Å². The van der Waals surface area contributed by atoms with Crippen molar-refractivity contribution in [2.75, 3.05) is 24.2 Å². The van der Waals surface area contributed by atoms with Crippen LogP contribution in [0.5, 0.6) is 11.5 Å². The molecule has 6 N–H and O–H groups in total. The fourth-order valence-electron chi connectivity index (χ4n) is 1.47. The van der Waals surface area contributed by atoms with Crippen molar-refractivity contribution in [3.8, 4) is 11.5 Å². The molecule has 120 valence electrons. The van der Waals surface area contributed by atoms with Gasteiger partial charge in [0.1, 0.15) is 11.5 Å². The topological polar surface area (TPSA) is 98.7 Å². The summed E-state index contributed by atoms with van der Waals surface area (Å²) in [5, 5.41) is 30.3. The molecule has 0 spiro atoms. The van der Waals surface area contributed by atoms with E-state index in [1.807, 2.05) is 19.1 Å². The van der Waals surface area contributed by atoms with Gasteiger partial charge in [-0.1, -0.05) is 29.3 Å². The van der Waals surface area contributed by atoms with Crippen LogP contribution in [0.4, 0.5) is 11.4 Å². The molecule has 2 aromatic carbocycles. The van der Waals surface area contributed by atoms with Gasteiger partial charge in [0.15, 0.2) is 0 Å². The van der Waals surface area contributed by atoms with Crippen LogP contribution in [0.15, 0.2) is 30.3 Å². The van der Waals surface area contributed by atoms with Crippen LogP contribution in [0.2, 0.25) is 10.0 Å². The monoisotopic (exact) mass is 344 g/mol. The number of halogens is 2. The van der Waals surface area contributed by atoms with Gasteiger partial charge in [-0.25, -0.2) is 0 Å². The predicted octanol–water partition coefficient (Wildman–Crippen LogP) is 3.39. The maximum atomic E-state index is 9.30. The maximum absolute atomic E-state index is 9.30. The van der Waals surface area contributed by atoms with Gasteiger partial charge in [0, 0.05) is 24.4 Å². The lowest BCUT2D eigenvalue weighted by atomic mass is 10.2. The summed E-state index contributed by atoms with van der Waals surface area (Å²) in [7, 11) is 0. The highest BCUT2D eigenvalue weighted by Crippen LogP contribution is 2.31. The van der Waals surface area contributed by atoms with Gasteiger partial charge >= 0.3 is 0 Å². The van der Waals surface area contributed by atoms with E-state index >= 15 is 0 Å². The third-order valence-electron chi connectivity index (χ3n) is 2.72. The smallest absolute Gasteiger partial charge is 0.136 e. The van der Waals surface area contributed by atoms with Gasteiger partial charge in [0.25, 0.3) is 0 Å². The molecule has 0 radical (unpaired) electrons. The van der Waals surface area contributed by atoms with Gasteiger partial charge in [0.2, 0.25) is 0 Å². The van der Waals surface area contributed by atoms with E-state index in [2.05, 4.69) is 5.32 Å². The average molecular weight is 345 g/mol. The number of aliphatic hydroxyl groups excluding tert-OH is 1. The number of rotatable bonds is 3. The minimum Gasteiger partial charge on any atom is -0.508 e. The Morgan fingerprint density at radius 1 is 1.05 bits per heavy atom. The van der Waals surface area contributed by atoms with Gasteiger partial charge in [-0.05, 0) is 24.6 Å². The summed E-state index contributed by atoms with van der Waals surface area (Å²) in [4.78, 5) is 0. The summed E-state index contributed by atoms with van der Waals surface area (Å²) in [6, 6.07) is 8.04. The Balaban J connectivity index is 0.000000224. The van der Waals surface area contributed by atoms with Crippen LogP contribution in [-0.2, 0) is 0 Å². The number of aromatic hydroxyl groups is 2. The Hall–Kier alpha value is -1.82. The van der Waals surface area contributed by atoms with E-state index in [-0.39, 0.29) is 23.1 Å². The molecule has 0 aromatic heterocycles. The largest absolute Gasteiger partial charge is 0.508 e. The SMILES string of the molecule is Cc1ccc(NCCO)cc1O.Nc1cc(O)c(Cl)cc1Cl. The Morgan fingerprint density at radius 2 is 1.73 bits per heavy atom. The zero-order valence-electron chi connectivity index (χ0n) is 12.0. The molecule has 0 heterocycles. The molecule has 0 aliphatic carbocycles. The van der Waals surface area contributed by atoms with Crippen molar-refractivity contribution < 1.29 is 15.3 Å². The minimum atomic E-state index is -0.0523. The van der Waals surface area contributed by atoms with Gasteiger partial charge in [-0.2, -0.15) is 0 Å². The number of phenolic OH excluding ortho intramolecular Hbond substituents is 2. The second kappa shape index (κ2) is 8.58. The number of hydrogen-bond acceptors (Lipinski definition) is 5. The molecule has 0 atom stereocenters. The number of nitrogen functional groups attached to an aromatic ring is 1. The molecule has 0 amide bonds. The average Bonchev–Trinajstić information content (AvgIpc) is 2.47. The first-order valence-electron chi connectivity index (χ1n) is 6.43. The van der Waals surface area contributed by atoms with Crippen LogP contribution in [0, 0.1) is 6.92 Å². The lowest BCUT2D eigenvalue weighted by molar-refractivity contribution is 0.311. The quantitative estimate of drug-likeness (QED) is 0.549. The number of hydrogen-bond donors (Lipinski definition) is 5. The van der Waals surface area contributed by atoms with Crippen molar-refractivity contribution in [1.82, 2.24) is 0 Å². The Labute approximate surface area is 138 Å². The molecule has 7 heteroatoms. The molecular formula is C15H18Cl2N2O3. The molecule has 2 aromatic rings. The van der Waals surface area contributed by atoms with E-state index in [1.54, 1.807) is 6.07 Å². The van der Waals surface area contributed by atoms with E-state index < -0.39 is 0 Å². The standard InChI is InChI=1S/C9H13NO2.C6H5Cl2NO/c1-7-2-3-8(6-9(7)12)10-4-5-11;7-3-1-4(8)6(10)2-5(3)9/h2-3,6,10-12H,4-5H2,1H3;1-2,10H,9H2. The molecule has 0 unspecified atom stereocenters. The zero-order valence-corrected chi connectivity index (χ0v) is 13.5. The molecule has 22 heavy (non-hydrogen) atoms. The van der Waals surface area contributed by atoms with E-state index in [9.17, 15) is 5.11 Å². The molecule has 0 bridgehead atoms.